The van der Waals surface area contributed by atoms with Gasteiger partial charge in [0.15, 0.2) is 5.82 Å². The van der Waals surface area contributed by atoms with Crippen molar-refractivity contribution in [1.82, 2.24) is 29.8 Å². The van der Waals surface area contributed by atoms with E-state index in [-0.39, 0.29) is 11.9 Å². The molecule has 0 amide bonds. The number of unbranched alkanes of at least 4 members (excludes halogenated alkanes) is 1. The molecule has 1 atom stereocenters. The first-order valence-electron chi connectivity index (χ1n) is 14.2. The molecule has 1 saturated heterocycles. The fourth-order valence-electron chi connectivity index (χ4n) is 4.75. The molecule has 5 rings (SSSR count). The molecule has 0 aliphatic carbocycles. The molecule has 0 unspecified atom stereocenters. The maximum Gasteiger partial charge on any atom is 0.310 e. The highest BCUT2D eigenvalue weighted by Gasteiger charge is 2.26. The summed E-state index contributed by atoms with van der Waals surface area (Å²) < 4.78 is 5.46. The van der Waals surface area contributed by atoms with E-state index in [4.69, 9.17) is 4.74 Å². The smallest absolute Gasteiger partial charge is 0.310 e. The van der Waals surface area contributed by atoms with Gasteiger partial charge in [-0.2, -0.15) is 4.98 Å². The molecule has 3 aromatic heterocycles. The monoisotopic (exact) mass is 552 g/mol. The van der Waals surface area contributed by atoms with Gasteiger partial charge in [0.25, 0.3) is 0 Å². The molecule has 1 aromatic carbocycles. The molecule has 212 valence electrons. The standard InChI is InChI=1S/C31H36N8O2/c1-3-4-19-41-30(40)24-8-6-18-39(21-24)20-23-10-12-25(13-11-23)35-31-33-17-15-28(38-31)36-27-14-16-32-29(37-27)26-9-5-7-22(2)34-26/h5,7,9-17,24H,3-4,6,8,18-21H2,1-2H3,(H2,32,33,35,36,37,38)/t24-/m1/s1. The van der Waals surface area contributed by atoms with Gasteiger partial charge in [-0.1, -0.05) is 31.5 Å². The number of hydrogen-bond donors (Lipinski definition) is 2. The Morgan fingerprint density at radius 3 is 2.59 bits per heavy atom. The molecule has 0 radical (unpaired) electrons. The first-order chi connectivity index (χ1) is 20.1. The molecule has 0 saturated carbocycles. The number of ether oxygens (including phenoxy) is 1. The van der Waals surface area contributed by atoms with Crippen LogP contribution in [0.4, 0.5) is 23.3 Å². The van der Waals surface area contributed by atoms with E-state index >= 15 is 0 Å². The molecular formula is C31H36N8O2. The second-order valence-electron chi connectivity index (χ2n) is 10.2. The fourth-order valence-corrected chi connectivity index (χ4v) is 4.75. The number of esters is 1. The van der Waals surface area contributed by atoms with Gasteiger partial charge in [-0.05, 0) is 74.7 Å². The molecule has 0 bridgehead atoms. The van der Waals surface area contributed by atoms with Gasteiger partial charge in [-0.3, -0.25) is 9.69 Å². The van der Waals surface area contributed by atoms with Crippen LogP contribution in [0.25, 0.3) is 11.5 Å². The number of rotatable bonds is 11. The van der Waals surface area contributed by atoms with Crippen molar-refractivity contribution in [2.24, 2.45) is 5.92 Å². The minimum Gasteiger partial charge on any atom is -0.465 e. The van der Waals surface area contributed by atoms with E-state index in [0.717, 1.165) is 56.7 Å². The maximum atomic E-state index is 12.4. The summed E-state index contributed by atoms with van der Waals surface area (Å²) in [5.74, 6) is 2.14. The van der Waals surface area contributed by atoms with Gasteiger partial charge in [0.1, 0.15) is 17.3 Å². The quantitative estimate of drug-likeness (QED) is 0.178. The Morgan fingerprint density at radius 1 is 0.976 bits per heavy atom. The summed E-state index contributed by atoms with van der Waals surface area (Å²) in [4.78, 5) is 37.1. The SMILES string of the molecule is CCCCOC(=O)[C@@H]1CCCN(Cc2ccc(Nc3nccc(Nc4ccnc(-c5cccc(C)n5)n4)n3)cc2)C1. The third kappa shape index (κ3) is 8.04. The Labute approximate surface area is 240 Å². The van der Waals surface area contributed by atoms with Crippen LogP contribution >= 0.6 is 0 Å². The Balaban J connectivity index is 1.16. The number of benzene rings is 1. The van der Waals surface area contributed by atoms with Crippen LogP contribution < -0.4 is 10.6 Å². The number of nitrogens with zero attached hydrogens (tertiary/aromatic N) is 6. The van der Waals surface area contributed by atoms with Crippen molar-refractivity contribution in [2.75, 3.05) is 30.3 Å². The van der Waals surface area contributed by atoms with E-state index in [0.29, 0.717) is 35.7 Å². The first-order valence-corrected chi connectivity index (χ1v) is 14.2. The van der Waals surface area contributed by atoms with Crippen molar-refractivity contribution < 1.29 is 9.53 Å². The van der Waals surface area contributed by atoms with Crippen molar-refractivity contribution in [3.05, 3.63) is 78.2 Å². The lowest BCUT2D eigenvalue weighted by atomic mass is 9.97. The van der Waals surface area contributed by atoms with Crippen LogP contribution in [-0.4, -0.2) is 55.5 Å². The van der Waals surface area contributed by atoms with Gasteiger partial charge in [0.05, 0.1) is 12.5 Å². The lowest BCUT2D eigenvalue weighted by Crippen LogP contribution is -2.39. The molecule has 4 aromatic rings. The molecule has 1 aliphatic heterocycles. The number of aryl methyl sites for hydroxylation is 1. The van der Waals surface area contributed by atoms with Crippen molar-refractivity contribution in [3.63, 3.8) is 0 Å². The van der Waals surface area contributed by atoms with Gasteiger partial charge in [-0.15, -0.1) is 0 Å². The predicted octanol–water partition coefficient (Wildman–Crippen LogP) is 5.68. The normalized spacial score (nSPS) is 15.3. The Bertz CT molecular complexity index is 1450. The lowest BCUT2D eigenvalue weighted by Gasteiger charge is -2.31. The number of carbonyl (C=O) groups is 1. The third-order valence-corrected chi connectivity index (χ3v) is 6.88. The van der Waals surface area contributed by atoms with Crippen molar-refractivity contribution in [1.29, 1.82) is 0 Å². The molecular weight excluding hydrogens is 516 g/mol. The number of likely N-dealkylation sites (tertiary alicyclic amines) is 1. The van der Waals surface area contributed by atoms with Gasteiger partial charge in [0, 0.05) is 36.9 Å². The third-order valence-electron chi connectivity index (χ3n) is 6.88. The molecule has 10 nitrogen and oxygen atoms in total. The number of nitrogens with one attached hydrogen (secondary N) is 2. The summed E-state index contributed by atoms with van der Waals surface area (Å²) in [6, 6.07) is 17.6. The number of hydrogen-bond acceptors (Lipinski definition) is 10. The average molecular weight is 553 g/mol. The summed E-state index contributed by atoms with van der Waals surface area (Å²) in [5.41, 5.74) is 3.70. The van der Waals surface area contributed by atoms with Gasteiger partial charge in [-0.25, -0.2) is 19.9 Å². The van der Waals surface area contributed by atoms with Crippen LogP contribution in [0, 0.1) is 12.8 Å². The predicted molar refractivity (Wildman–Crippen MR) is 159 cm³/mol. The zero-order chi connectivity index (χ0) is 28.4. The van der Waals surface area contributed by atoms with E-state index in [9.17, 15) is 4.79 Å². The van der Waals surface area contributed by atoms with Gasteiger partial charge < -0.3 is 15.4 Å². The summed E-state index contributed by atoms with van der Waals surface area (Å²) in [7, 11) is 0. The molecule has 2 N–H and O–H groups in total. The minimum atomic E-state index is -0.0529. The second-order valence-corrected chi connectivity index (χ2v) is 10.2. The van der Waals surface area contributed by atoms with Gasteiger partial charge >= 0.3 is 5.97 Å². The summed E-state index contributed by atoms with van der Waals surface area (Å²) in [6.07, 6.45) is 7.24. The Kier molecular flexibility index (Phi) is 9.43. The maximum absolute atomic E-state index is 12.4. The minimum absolute atomic E-state index is 0.0345. The number of anilines is 4. The number of pyridine rings is 1. The van der Waals surface area contributed by atoms with Crippen molar-refractivity contribution in [3.8, 4) is 11.5 Å². The highest BCUT2D eigenvalue weighted by molar-refractivity contribution is 5.72. The molecule has 41 heavy (non-hydrogen) atoms. The zero-order valence-corrected chi connectivity index (χ0v) is 23.6. The molecule has 1 fully saturated rings. The molecule has 1 aliphatic rings. The summed E-state index contributed by atoms with van der Waals surface area (Å²) in [6.45, 7) is 7.09. The number of aromatic nitrogens is 5. The molecule has 0 spiro atoms. The zero-order valence-electron chi connectivity index (χ0n) is 23.6. The summed E-state index contributed by atoms with van der Waals surface area (Å²) >= 11 is 0. The first kappa shape index (κ1) is 28.1. The van der Waals surface area contributed by atoms with Crippen molar-refractivity contribution >= 4 is 29.2 Å². The largest absolute Gasteiger partial charge is 0.465 e. The van der Waals surface area contributed by atoms with Crippen molar-refractivity contribution in [2.45, 2.75) is 46.1 Å². The van der Waals surface area contributed by atoms with E-state index in [1.807, 2.05) is 37.3 Å². The Morgan fingerprint density at radius 2 is 1.78 bits per heavy atom. The van der Waals surface area contributed by atoms with Crippen LogP contribution in [0.5, 0.6) is 0 Å². The number of carbonyl (C=O) groups excluding carboxylic acids is 1. The Hall–Kier alpha value is -4.44. The average Bonchev–Trinajstić information content (AvgIpc) is 2.99. The highest BCUT2D eigenvalue weighted by atomic mass is 16.5. The van der Waals surface area contributed by atoms with Crippen LogP contribution in [0.2, 0.25) is 0 Å². The highest BCUT2D eigenvalue weighted by Crippen LogP contribution is 2.22. The lowest BCUT2D eigenvalue weighted by molar-refractivity contribution is -0.150. The van der Waals surface area contributed by atoms with E-state index < -0.39 is 0 Å². The molecule has 4 heterocycles. The second kappa shape index (κ2) is 13.8. The van der Waals surface area contributed by atoms with Crippen LogP contribution in [0.15, 0.2) is 67.0 Å². The molecule has 10 heteroatoms. The van der Waals surface area contributed by atoms with E-state index in [1.54, 1.807) is 24.5 Å². The topological polar surface area (TPSA) is 118 Å². The summed E-state index contributed by atoms with van der Waals surface area (Å²) in [5, 5.41) is 6.50. The van der Waals surface area contributed by atoms with E-state index in [1.165, 1.54) is 5.56 Å². The van der Waals surface area contributed by atoms with Crippen LogP contribution in [0.1, 0.15) is 43.9 Å². The van der Waals surface area contributed by atoms with Crippen LogP contribution in [0.3, 0.4) is 0 Å². The van der Waals surface area contributed by atoms with Crippen LogP contribution in [-0.2, 0) is 16.1 Å². The number of piperidine rings is 1. The van der Waals surface area contributed by atoms with E-state index in [2.05, 4.69) is 59.5 Å². The fraction of sp³-hybridized carbons (Fsp3) is 0.355. The van der Waals surface area contributed by atoms with Gasteiger partial charge in [0.2, 0.25) is 5.95 Å².